The number of amides is 2. The minimum Gasteiger partial charge on any atom is -0.467 e. The molecule has 7 heteroatoms. The molecule has 2 amide bonds. The van der Waals surface area contributed by atoms with Crippen LogP contribution in [0.25, 0.3) is 0 Å². The first-order chi connectivity index (χ1) is 11.2. The highest BCUT2D eigenvalue weighted by atomic mass is 16.5. The number of hydrogen-bond acceptors (Lipinski definition) is 5. The third-order valence-electron chi connectivity index (χ3n) is 4.45. The fourth-order valence-corrected chi connectivity index (χ4v) is 3.34. The van der Waals surface area contributed by atoms with E-state index in [4.69, 9.17) is 13.9 Å². The van der Waals surface area contributed by atoms with Gasteiger partial charge in [-0.15, -0.1) is 0 Å². The third-order valence-corrected chi connectivity index (χ3v) is 4.45. The van der Waals surface area contributed by atoms with E-state index in [0.717, 1.165) is 12.8 Å². The van der Waals surface area contributed by atoms with E-state index in [-0.39, 0.29) is 30.6 Å². The van der Waals surface area contributed by atoms with Crippen molar-refractivity contribution in [2.45, 2.75) is 44.1 Å². The number of likely N-dealkylation sites (tertiary alicyclic amines) is 1. The summed E-state index contributed by atoms with van der Waals surface area (Å²) in [6.07, 6.45) is 3.21. The van der Waals surface area contributed by atoms with E-state index < -0.39 is 6.10 Å². The Kier molecular flexibility index (Phi) is 4.97. The number of rotatable bonds is 5. The molecule has 2 aliphatic heterocycles. The van der Waals surface area contributed by atoms with Crippen molar-refractivity contribution < 1.29 is 23.5 Å². The lowest BCUT2D eigenvalue weighted by Crippen LogP contribution is -2.49. The highest BCUT2D eigenvalue weighted by molar-refractivity contribution is 5.81. The number of furan rings is 1. The molecule has 2 fully saturated rings. The second-order valence-corrected chi connectivity index (χ2v) is 5.91. The van der Waals surface area contributed by atoms with Gasteiger partial charge in [0.25, 0.3) is 0 Å². The fraction of sp³-hybridized carbons (Fsp3) is 0.625. The van der Waals surface area contributed by atoms with E-state index in [1.165, 1.54) is 7.11 Å². The summed E-state index contributed by atoms with van der Waals surface area (Å²) in [7, 11) is 1.52. The highest BCUT2D eigenvalue weighted by Gasteiger charge is 2.43. The van der Waals surface area contributed by atoms with Crippen LogP contribution in [0.5, 0.6) is 0 Å². The third kappa shape index (κ3) is 3.56. The zero-order valence-electron chi connectivity index (χ0n) is 13.2. The van der Waals surface area contributed by atoms with Gasteiger partial charge < -0.3 is 24.1 Å². The van der Waals surface area contributed by atoms with Gasteiger partial charge in [-0.3, -0.25) is 9.59 Å². The lowest BCUT2D eigenvalue weighted by molar-refractivity contribution is -0.148. The zero-order chi connectivity index (χ0) is 16.2. The van der Waals surface area contributed by atoms with Crippen LogP contribution in [0.3, 0.4) is 0 Å². The smallest absolute Gasteiger partial charge is 0.249 e. The Morgan fingerprint density at radius 2 is 2.26 bits per heavy atom. The predicted octanol–water partition coefficient (Wildman–Crippen LogP) is 0.691. The molecule has 1 N–H and O–H groups in total. The first-order valence-electron chi connectivity index (χ1n) is 7.93. The van der Waals surface area contributed by atoms with E-state index >= 15 is 0 Å². The molecular formula is C16H22N2O5. The number of hydrogen-bond donors (Lipinski definition) is 1. The number of nitrogens with zero attached hydrogens (tertiary/aromatic N) is 1. The van der Waals surface area contributed by atoms with Crippen molar-refractivity contribution in [3.05, 3.63) is 24.2 Å². The minimum absolute atomic E-state index is 0.00989. The second-order valence-electron chi connectivity index (χ2n) is 5.91. The Hall–Kier alpha value is -1.86. The molecule has 0 aliphatic carbocycles. The Morgan fingerprint density at radius 3 is 3.00 bits per heavy atom. The van der Waals surface area contributed by atoms with Crippen LogP contribution in [0.2, 0.25) is 0 Å². The van der Waals surface area contributed by atoms with Crippen molar-refractivity contribution in [2.75, 3.05) is 20.3 Å². The fourth-order valence-electron chi connectivity index (χ4n) is 3.34. The standard InChI is InChI=1S/C16H22N2O5/c1-21-10-15(19)18-7-6-13-12(18)4-5-14(23-13)16(20)17-9-11-3-2-8-22-11/h2-3,8,12-14H,4-7,9-10H2,1H3,(H,17,20)/t12-,13-,14-/m0/s1. The molecule has 1 aromatic rings. The number of nitrogens with one attached hydrogen (secondary N) is 1. The summed E-state index contributed by atoms with van der Waals surface area (Å²) in [6.45, 7) is 1.12. The van der Waals surface area contributed by atoms with E-state index in [1.807, 2.05) is 11.0 Å². The zero-order valence-corrected chi connectivity index (χ0v) is 13.2. The predicted molar refractivity (Wildman–Crippen MR) is 80.4 cm³/mol. The summed E-state index contributed by atoms with van der Waals surface area (Å²) in [5.74, 6) is 0.579. The van der Waals surface area contributed by atoms with Crippen LogP contribution in [-0.4, -0.2) is 55.2 Å². The Balaban J connectivity index is 1.51. The van der Waals surface area contributed by atoms with Crippen LogP contribution in [0, 0.1) is 0 Å². The van der Waals surface area contributed by atoms with E-state index in [0.29, 0.717) is 25.3 Å². The van der Waals surface area contributed by atoms with E-state index in [2.05, 4.69) is 5.32 Å². The lowest BCUT2D eigenvalue weighted by atomic mass is 9.98. The van der Waals surface area contributed by atoms with Gasteiger partial charge in [-0.05, 0) is 31.4 Å². The quantitative estimate of drug-likeness (QED) is 0.863. The minimum atomic E-state index is -0.455. The molecule has 3 atom stereocenters. The van der Waals surface area contributed by atoms with Crippen LogP contribution in [0.15, 0.2) is 22.8 Å². The van der Waals surface area contributed by atoms with Gasteiger partial charge in [0.2, 0.25) is 11.8 Å². The first kappa shape index (κ1) is 16.0. The average molecular weight is 322 g/mol. The van der Waals surface area contributed by atoms with Crippen molar-refractivity contribution in [3.8, 4) is 0 Å². The number of carbonyl (C=O) groups excluding carboxylic acids is 2. The molecule has 0 aromatic carbocycles. The maximum Gasteiger partial charge on any atom is 0.249 e. The SMILES string of the molecule is COCC(=O)N1CC[C@@H]2O[C@H](C(=O)NCc3ccco3)CC[C@@H]21. The molecule has 2 aliphatic rings. The maximum atomic E-state index is 12.2. The summed E-state index contributed by atoms with van der Waals surface area (Å²) in [5, 5.41) is 2.83. The molecular weight excluding hydrogens is 300 g/mol. The van der Waals surface area contributed by atoms with Crippen LogP contribution >= 0.6 is 0 Å². The van der Waals surface area contributed by atoms with Crippen LogP contribution in [0.1, 0.15) is 25.0 Å². The van der Waals surface area contributed by atoms with E-state index in [9.17, 15) is 9.59 Å². The number of methoxy groups -OCH3 is 1. The van der Waals surface area contributed by atoms with E-state index in [1.54, 1.807) is 12.3 Å². The molecule has 1 aromatic heterocycles. The average Bonchev–Trinajstić information content (AvgIpc) is 3.21. The monoisotopic (exact) mass is 322 g/mol. The van der Waals surface area contributed by atoms with Crippen molar-refractivity contribution >= 4 is 11.8 Å². The van der Waals surface area contributed by atoms with Crippen molar-refractivity contribution in [3.63, 3.8) is 0 Å². The highest BCUT2D eigenvalue weighted by Crippen LogP contribution is 2.31. The summed E-state index contributed by atoms with van der Waals surface area (Å²) in [5.41, 5.74) is 0. The maximum absolute atomic E-state index is 12.2. The summed E-state index contributed by atoms with van der Waals surface area (Å²) in [6, 6.07) is 3.66. The van der Waals surface area contributed by atoms with Gasteiger partial charge >= 0.3 is 0 Å². The molecule has 0 unspecified atom stereocenters. The van der Waals surface area contributed by atoms with Crippen LogP contribution in [-0.2, 0) is 25.6 Å². The number of ether oxygens (including phenoxy) is 2. The van der Waals surface area contributed by atoms with Crippen LogP contribution < -0.4 is 5.32 Å². The van der Waals surface area contributed by atoms with Gasteiger partial charge in [0, 0.05) is 13.7 Å². The van der Waals surface area contributed by atoms with Gasteiger partial charge in [-0.25, -0.2) is 0 Å². The number of fused-ring (bicyclic) bond motifs is 1. The second kappa shape index (κ2) is 7.14. The van der Waals surface area contributed by atoms with Crippen molar-refractivity contribution in [2.24, 2.45) is 0 Å². The molecule has 23 heavy (non-hydrogen) atoms. The van der Waals surface area contributed by atoms with Crippen molar-refractivity contribution in [1.82, 2.24) is 10.2 Å². The first-order valence-corrected chi connectivity index (χ1v) is 7.93. The number of carbonyl (C=O) groups is 2. The normalized spacial score (nSPS) is 26.8. The summed E-state index contributed by atoms with van der Waals surface area (Å²) >= 11 is 0. The van der Waals surface area contributed by atoms with Gasteiger partial charge in [0.05, 0.1) is 25.0 Å². The molecule has 0 saturated carbocycles. The molecule has 126 valence electrons. The lowest BCUT2D eigenvalue weighted by Gasteiger charge is -2.35. The largest absolute Gasteiger partial charge is 0.467 e. The molecule has 3 rings (SSSR count). The summed E-state index contributed by atoms with van der Waals surface area (Å²) in [4.78, 5) is 26.1. The van der Waals surface area contributed by atoms with Crippen molar-refractivity contribution in [1.29, 1.82) is 0 Å². The Bertz CT molecular complexity index is 545. The van der Waals surface area contributed by atoms with Gasteiger partial charge in [0.1, 0.15) is 18.5 Å². The van der Waals surface area contributed by atoms with Gasteiger partial charge in [-0.1, -0.05) is 0 Å². The molecule has 0 spiro atoms. The molecule has 0 bridgehead atoms. The molecule has 0 radical (unpaired) electrons. The van der Waals surface area contributed by atoms with Gasteiger partial charge in [0.15, 0.2) is 0 Å². The van der Waals surface area contributed by atoms with Crippen LogP contribution in [0.4, 0.5) is 0 Å². The summed E-state index contributed by atoms with van der Waals surface area (Å²) < 4.78 is 16.0. The molecule has 2 saturated heterocycles. The molecule has 3 heterocycles. The Morgan fingerprint density at radius 1 is 1.39 bits per heavy atom. The molecule has 7 nitrogen and oxygen atoms in total. The Labute approximate surface area is 134 Å². The topological polar surface area (TPSA) is 81.0 Å². The van der Waals surface area contributed by atoms with Gasteiger partial charge in [-0.2, -0.15) is 0 Å².